The van der Waals surface area contributed by atoms with E-state index in [-0.39, 0.29) is 11.9 Å². The van der Waals surface area contributed by atoms with Crippen LogP contribution < -0.4 is 4.74 Å². The molecular weight excluding hydrogens is 290 g/mol. The minimum Gasteiger partial charge on any atom is -0.497 e. The number of allylic oxidation sites excluding steroid dienone is 1. The van der Waals surface area contributed by atoms with Crippen molar-refractivity contribution in [2.45, 2.75) is 31.8 Å². The Morgan fingerprint density at radius 2 is 2.30 bits per heavy atom. The molecule has 0 saturated carbocycles. The van der Waals surface area contributed by atoms with Crippen molar-refractivity contribution < 1.29 is 14.3 Å². The van der Waals surface area contributed by atoms with Gasteiger partial charge in [0, 0.05) is 31.8 Å². The first-order valence-corrected chi connectivity index (χ1v) is 8.21. The second-order valence-electron chi connectivity index (χ2n) is 6.18. The number of nitrogens with zero attached hydrogens (tertiary/aromatic N) is 1. The number of carbonyl (C=O) groups excluding carboxylic acids is 1. The van der Waals surface area contributed by atoms with Gasteiger partial charge in [0.2, 0.25) is 0 Å². The van der Waals surface area contributed by atoms with E-state index >= 15 is 0 Å². The molecule has 1 fully saturated rings. The average molecular weight is 317 g/mol. The Morgan fingerprint density at radius 1 is 1.52 bits per heavy atom. The van der Waals surface area contributed by atoms with Crippen LogP contribution in [0.2, 0.25) is 0 Å². The predicted octanol–water partition coefficient (Wildman–Crippen LogP) is 3.37. The number of hydrogen-bond acceptors (Lipinski definition) is 4. The number of carbonyl (C=O) groups is 1. The van der Waals surface area contributed by atoms with Gasteiger partial charge in [0.05, 0.1) is 7.11 Å². The maximum Gasteiger partial charge on any atom is 0.306 e. The molecule has 1 aromatic carbocycles. The number of esters is 1. The number of hydrogen-bond donors (Lipinski definition) is 0. The van der Waals surface area contributed by atoms with E-state index in [2.05, 4.69) is 18.5 Å². The van der Waals surface area contributed by atoms with Gasteiger partial charge in [-0.1, -0.05) is 25.1 Å². The number of likely N-dealkylation sites (tertiary alicyclic amines) is 1. The molecule has 0 aromatic heterocycles. The van der Waals surface area contributed by atoms with Gasteiger partial charge < -0.3 is 14.4 Å². The van der Waals surface area contributed by atoms with Crippen LogP contribution in [0, 0.1) is 5.92 Å². The Kier molecular flexibility index (Phi) is 5.83. The van der Waals surface area contributed by atoms with Crippen molar-refractivity contribution in [1.82, 2.24) is 4.90 Å². The van der Waals surface area contributed by atoms with Crippen molar-refractivity contribution in [2.24, 2.45) is 5.92 Å². The predicted molar refractivity (Wildman–Crippen MR) is 91.5 cm³/mol. The highest BCUT2D eigenvalue weighted by atomic mass is 16.6. The van der Waals surface area contributed by atoms with E-state index in [0.717, 1.165) is 37.2 Å². The van der Waals surface area contributed by atoms with Crippen LogP contribution in [0.1, 0.15) is 31.7 Å². The second-order valence-corrected chi connectivity index (χ2v) is 6.18. The Hall–Kier alpha value is -1.81. The third kappa shape index (κ3) is 3.75. The molecule has 1 aliphatic heterocycles. The summed E-state index contributed by atoms with van der Waals surface area (Å²) in [6, 6.07) is 7.90. The molecule has 0 radical (unpaired) electrons. The summed E-state index contributed by atoms with van der Waals surface area (Å²) in [6.45, 7) is 7.49. The molecule has 2 atom stereocenters. The molecule has 0 unspecified atom stereocenters. The summed E-state index contributed by atoms with van der Waals surface area (Å²) >= 11 is 0. The highest BCUT2D eigenvalue weighted by Gasteiger charge is 2.46. The van der Waals surface area contributed by atoms with Crippen molar-refractivity contribution in [2.75, 3.05) is 27.2 Å². The van der Waals surface area contributed by atoms with Gasteiger partial charge in [0.15, 0.2) is 0 Å². The Labute approximate surface area is 139 Å². The zero-order valence-corrected chi connectivity index (χ0v) is 14.4. The Bertz CT molecular complexity index is 557. The third-order valence-electron chi connectivity index (χ3n) is 4.65. The van der Waals surface area contributed by atoms with E-state index in [4.69, 9.17) is 9.47 Å². The van der Waals surface area contributed by atoms with Crippen LogP contribution in [0.15, 0.2) is 36.9 Å². The van der Waals surface area contributed by atoms with E-state index in [0.29, 0.717) is 6.42 Å². The minimum atomic E-state index is -0.609. The third-order valence-corrected chi connectivity index (χ3v) is 4.65. The molecule has 0 aliphatic carbocycles. The van der Waals surface area contributed by atoms with E-state index < -0.39 is 5.60 Å². The van der Waals surface area contributed by atoms with Gasteiger partial charge in [-0.3, -0.25) is 4.79 Å². The van der Waals surface area contributed by atoms with Gasteiger partial charge in [-0.25, -0.2) is 0 Å². The van der Waals surface area contributed by atoms with Crippen LogP contribution >= 0.6 is 0 Å². The van der Waals surface area contributed by atoms with Crippen molar-refractivity contribution in [3.63, 3.8) is 0 Å². The molecule has 23 heavy (non-hydrogen) atoms. The molecule has 1 aliphatic rings. The Balaban J connectivity index is 2.48. The first kappa shape index (κ1) is 17.5. The van der Waals surface area contributed by atoms with E-state index in [1.807, 2.05) is 37.3 Å². The monoisotopic (exact) mass is 317 g/mol. The summed E-state index contributed by atoms with van der Waals surface area (Å²) in [7, 11) is 3.76. The largest absolute Gasteiger partial charge is 0.497 e. The molecule has 1 aromatic rings. The van der Waals surface area contributed by atoms with Gasteiger partial charge in [-0.15, -0.1) is 6.58 Å². The van der Waals surface area contributed by atoms with Gasteiger partial charge in [0.1, 0.15) is 11.4 Å². The molecule has 0 bridgehead atoms. The van der Waals surface area contributed by atoms with Crippen LogP contribution in [-0.2, 0) is 15.1 Å². The van der Waals surface area contributed by atoms with Gasteiger partial charge >= 0.3 is 5.97 Å². The molecule has 4 nitrogen and oxygen atoms in total. The lowest BCUT2D eigenvalue weighted by atomic mass is 9.74. The fraction of sp³-hybridized carbons (Fsp3) is 0.526. The van der Waals surface area contributed by atoms with E-state index in [9.17, 15) is 4.79 Å². The summed E-state index contributed by atoms with van der Waals surface area (Å²) in [6.07, 6.45) is 3.88. The number of ether oxygens (including phenoxy) is 2. The van der Waals surface area contributed by atoms with Crippen molar-refractivity contribution in [3.05, 3.63) is 42.5 Å². The molecule has 0 spiro atoms. The van der Waals surface area contributed by atoms with Gasteiger partial charge in [-0.2, -0.15) is 0 Å². The summed E-state index contributed by atoms with van der Waals surface area (Å²) in [5.41, 5.74) is 0.404. The molecule has 0 N–H and O–H groups in total. The Morgan fingerprint density at radius 3 is 2.96 bits per heavy atom. The van der Waals surface area contributed by atoms with Crippen LogP contribution in [0.25, 0.3) is 0 Å². The maximum absolute atomic E-state index is 12.2. The number of methoxy groups -OCH3 is 1. The van der Waals surface area contributed by atoms with Gasteiger partial charge in [0.25, 0.3) is 0 Å². The molecule has 1 saturated heterocycles. The molecule has 4 heteroatoms. The molecule has 2 rings (SSSR count). The second kappa shape index (κ2) is 7.64. The smallest absolute Gasteiger partial charge is 0.306 e. The lowest BCUT2D eigenvalue weighted by Gasteiger charge is -2.46. The molecule has 0 amide bonds. The molecular formula is C19H27NO3. The highest BCUT2D eigenvalue weighted by Crippen LogP contribution is 2.43. The number of piperidine rings is 1. The summed E-state index contributed by atoms with van der Waals surface area (Å²) < 4.78 is 11.4. The zero-order valence-electron chi connectivity index (χ0n) is 14.4. The minimum absolute atomic E-state index is 0.161. The summed E-state index contributed by atoms with van der Waals surface area (Å²) in [4.78, 5) is 14.4. The van der Waals surface area contributed by atoms with Crippen molar-refractivity contribution >= 4 is 5.97 Å². The SMILES string of the molecule is C=CC[C@@H]1CN(C)CC[C@@]1(OC(=O)CC)c1cccc(OC)c1. The standard InChI is InChI=1S/C19H27NO3/c1-5-8-16-14-20(3)12-11-19(16,23-18(21)6-2)15-9-7-10-17(13-15)22-4/h5,7,9-10,13,16H,1,6,8,11-12,14H2,2-4H3/t16-,19-/m1/s1. The topological polar surface area (TPSA) is 38.8 Å². The summed E-state index contributed by atoms with van der Waals surface area (Å²) in [5.74, 6) is 0.804. The summed E-state index contributed by atoms with van der Waals surface area (Å²) in [5, 5.41) is 0. The average Bonchev–Trinajstić information content (AvgIpc) is 2.57. The number of benzene rings is 1. The van der Waals surface area contributed by atoms with E-state index in [1.165, 1.54) is 0 Å². The molecule has 126 valence electrons. The zero-order chi connectivity index (χ0) is 16.9. The maximum atomic E-state index is 12.2. The lowest BCUT2D eigenvalue weighted by molar-refractivity contribution is -0.175. The first-order valence-electron chi connectivity index (χ1n) is 8.21. The van der Waals surface area contributed by atoms with Crippen LogP contribution in [0.3, 0.4) is 0 Å². The van der Waals surface area contributed by atoms with E-state index in [1.54, 1.807) is 7.11 Å². The lowest BCUT2D eigenvalue weighted by Crippen LogP contribution is -2.51. The molecule has 1 heterocycles. The van der Waals surface area contributed by atoms with Crippen molar-refractivity contribution in [3.8, 4) is 5.75 Å². The van der Waals surface area contributed by atoms with Crippen LogP contribution in [-0.4, -0.2) is 38.1 Å². The first-order chi connectivity index (χ1) is 11.1. The fourth-order valence-electron chi connectivity index (χ4n) is 3.38. The van der Waals surface area contributed by atoms with Crippen molar-refractivity contribution in [1.29, 1.82) is 0 Å². The highest BCUT2D eigenvalue weighted by molar-refractivity contribution is 5.69. The fourth-order valence-corrected chi connectivity index (χ4v) is 3.38. The van der Waals surface area contributed by atoms with Gasteiger partial charge in [-0.05, 0) is 31.2 Å². The van der Waals surface area contributed by atoms with Crippen LogP contribution in [0.4, 0.5) is 0 Å². The number of rotatable bonds is 6. The quantitative estimate of drug-likeness (QED) is 0.595. The normalized spacial score (nSPS) is 24.9. The van der Waals surface area contributed by atoms with Crippen LogP contribution in [0.5, 0.6) is 5.75 Å².